The molecule has 0 aromatic heterocycles. The third-order valence-electron chi connectivity index (χ3n) is 5.19. The van der Waals surface area contributed by atoms with E-state index < -0.39 is 0 Å². The fourth-order valence-corrected chi connectivity index (χ4v) is 3.41. The summed E-state index contributed by atoms with van der Waals surface area (Å²) in [5.41, 5.74) is 1.95. The molecule has 6 nitrogen and oxygen atoms in total. The number of benzene rings is 1. The number of hydrogen-bond donors (Lipinski definition) is 3. The van der Waals surface area contributed by atoms with Crippen LogP contribution in [0.15, 0.2) is 29.3 Å². The van der Waals surface area contributed by atoms with Gasteiger partial charge in [0.05, 0.1) is 0 Å². The number of aliphatic imine (C=N–C) groups is 1. The van der Waals surface area contributed by atoms with Crippen molar-refractivity contribution in [3.63, 3.8) is 0 Å². The number of rotatable bonds is 9. The summed E-state index contributed by atoms with van der Waals surface area (Å²) in [6.07, 6.45) is 5.18. The lowest BCUT2D eigenvalue weighted by Crippen LogP contribution is -2.39. The molecule has 0 unspecified atom stereocenters. The zero-order valence-electron chi connectivity index (χ0n) is 17.8. The van der Waals surface area contributed by atoms with Crippen LogP contribution in [0.3, 0.4) is 0 Å². The highest BCUT2D eigenvalue weighted by atomic mass is 16.1. The summed E-state index contributed by atoms with van der Waals surface area (Å²) < 4.78 is 0. The second-order valence-corrected chi connectivity index (χ2v) is 7.73. The Morgan fingerprint density at radius 3 is 2.75 bits per heavy atom. The molecule has 1 aliphatic heterocycles. The Hall–Kier alpha value is -2.08. The van der Waals surface area contributed by atoms with Gasteiger partial charge in [-0.2, -0.15) is 0 Å². The van der Waals surface area contributed by atoms with Gasteiger partial charge in [0.1, 0.15) is 0 Å². The summed E-state index contributed by atoms with van der Waals surface area (Å²) in [4.78, 5) is 18.6. The van der Waals surface area contributed by atoms with Crippen LogP contribution in [0.5, 0.6) is 0 Å². The third kappa shape index (κ3) is 8.30. The largest absolute Gasteiger partial charge is 0.356 e. The minimum Gasteiger partial charge on any atom is -0.356 e. The van der Waals surface area contributed by atoms with Crippen LogP contribution in [0.1, 0.15) is 51.5 Å². The van der Waals surface area contributed by atoms with Crippen molar-refractivity contribution in [3.8, 4) is 0 Å². The van der Waals surface area contributed by atoms with Crippen molar-refractivity contribution in [2.45, 2.75) is 52.5 Å². The topological polar surface area (TPSA) is 68.8 Å². The monoisotopic (exact) mass is 387 g/mol. The standard InChI is InChI=1S/C22H37N5O/c1-4-7-21(28)26-20-9-5-8-19(16-20)17-25-22(23-3)24-12-6-13-27-14-10-18(2)11-15-27/h5,8-9,16,18H,4,6-7,10-15,17H2,1-3H3,(H,26,28)(H2,23,24,25). The molecule has 1 amide bonds. The van der Waals surface area contributed by atoms with Gasteiger partial charge in [-0.1, -0.05) is 26.0 Å². The number of guanidine groups is 1. The van der Waals surface area contributed by atoms with Crippen LogP contribution in [0, 0.1) is 5.92 Å². The molecule has 1 aliphatic rings. The van der Waals surface area contributed by atoms with E-state index in [0.29, 0.717) is 13.0 Å². The number of hydrogen-bond acceptors (Lipinski definition) is 3. The van der Waals surface area contributed by atoms with E-state index in [1.807, 2.05) is 31.2 Å². The summed E-state index contributed by atoms with van der Waals surface area (Å²) in [6.45, 7) is 9.56. The first-order valence-corrected chi connectivity index (χ1v) is 10.7. The van der Waals surface area contributed by atoms with Gasteiger partial charge in [0.25, 0.3) is 0 Å². The Kier molecular flexibility index (Phi) is 9.83. The van der Waals surface area contributed by atoms with Crippen molar-refractivity contribution >= 4 is 17.6 Å². The number of nitrogens with one attached hydrogen (secondary N) is 3. The molecule has 6 heteroatoms. The van der Waals surface area contributed by atoms with E-state index in [9.17, 15) is 4.79 Å². The average molecular weight is 388 g/mol. The molecule has 1 saturated heterocycles. The van der Waals surface area contributed by atoms with Crippen LogP contribution in [0.2, 0.25) is 0 Å². The van der Waals surface area contributed by atoms with Gasteiger partial charge in [-0.15, -0.1) is 0 Å². The summed E-state index contributed by atoms with van der Waals surface area (Å²) in [5.74, 6) is 1.76. The highest BCUT2D eigenvalue weighted by molar-refractivity contribution is 5.90. The Balaban J connectivity index is 1.68. The Morgan fingerprint density at radius 1 is 1.25 bits per heavy atom. The molecule has 0 atom stereocenters. The molecule has 28 heavy (non-hydrogen) atoms. The van der Waals surface area contributed by atoms with Crippen molar-refractivity contribution in [2.75, 3.05) is 38.5 Å². The van der Waals surface area contributed by atoms with Crippen LogP contribution in [0.4, 0.5) is 5.69 Å². The number of carbonyl (C=O) groups excluding carboxylic acids is 1. The normalized spacial score (nSPS) is 16.0. The highest BCUT2D eigenvalue weighted by Crippen LogP contribution is 2.15. The molecule has 156 valence electrons. The Labute approximate surface area is 170 Å². The summed E-state index contributed by atoms with van der Waals surface area (Å²) in [6, 6.07) is 7.94. The van der Waals surface area contributed by atoms with Crippen molar-refractivity contribution in [1.82, 2.24) is 15.5 Å². The summed E-state index contributed by atoms with van der Waals surface area (Å²) >= 11 is 0. The Morgan fingerprint density at radius 2 is 2.04 bits per heavy atom. The second kappa shape index (κ2) is 12.4. The molecule has 0 spiro atoms. The molecule has 0 radical (unpaired) electrons. The predicted molar refractivity (Wildman–Crippen MR) is 118 cm³/mol. The maximum atomic E-state index is 11.8. The van der Waals surface area contributed by atoms with Crippen LogP contribution in [0.25, 0.3) is 0 Å². The maximum absolute atomic E-state index is 11.8. The lowest BCUT2D eigenvalue weighted by Gasteiger charge is -2.30. The maximum Gasteiger partial charge on any atom is 0.224 e. The predicted octanol–water partition coefficient (Wildman–Crippen LogP) is 3.21. The van der Waals surface area contributed by atoms with Gasteiger partial charge in [-0.25, -0.2) is 0 Å². The van der Waals surface area contributed by atoms with E-state index in [-0.39, 0.29) is 5.91 Å². The van der Waals surface area contributed by atoms with E-state index in [1.54, 1.807) is 7.05 Å². The molecule has 1 aromatic rings. The molecule has 3 N–H and O–H groups in total. The first-order chi connectivity index (χ1) is 13.6. The fourth-order valence-electron chi connectivity index (χ4n) is 3.41. The van der Waals surface area contributed by atoms with Gasteiger partial charge < -0.3 is 20.9 Å². The number of amides is 1. The molecule has 0 aliphatic carbocycles. The second-order valence-electron chi connectivity index (χ2n) is 7.73. The van der Waals surface area contributed by atoms with E-state index in [0.717, 1.165) is 49.1 Å². The van der Waals surface area contributed by atoms with Crippen LogP contribution >= 0.6 is 0 Å². The van der Waals surface area contributed by atoms with Crippen LogP contribution in [-0.4, -0.2) is 50.0 Å². The quantitative estimate of drug-likeness (QED) is 0.346. The average Bonchev–Trinajstić information content (AvgIpc) is 2.69. The molecule has 1 aromatic carbocycles. The SMILES string of the molecule is CCCC(=O)Nc1cccc(CNC(=NC)NCCCN2CCC(C)CC2)c1. The molecular formula is C22H37N5O. The van der Waals surface area contributed by atoms with Crippen molar-refractivity contribution in [2.24, 2.45) is 10.9 Å². The van der Waals surface area contributed by atoms with Crippen LogP contribution < -0.4 is 16.0 Å². The number of carbonyl (C=O) groups is 1. The van der Waals surface area contributed by atoms with Gasteiger partial charge in [0, 0.05) is 32.2 Å². The van der Waals surface area contributed by atoms with Crippen molar-refractivity contribution in [3.05, 3.63) is 29.8 Å². The minimum absolute atomic E-state index is 0.0632. The number of piperidine rings is 1. The van der Waals surface area contributed by atoms with Gasteiger partial charge in [-0.3, -0.25) is 9.79 Å². The molecular weight excluding hydrogens is 350 g/mol. The van der Waals surface area contributed by atoms with Crippen molar-refractivity contribution in [1.29, 1.82) is 0 Å². The summed E-state index contributed by atoms with van der Waals surface area (Å²) in [5, 5.41) is 9.69. The number of anilines is 1. The lowest BCUT2D eigenvalue weighted by molar-refractivity contribution is -0.116. The zero-order valence-corrected chi connectivity index (χ0v) is 17.8. The van der Waals surface area contributed by atoms with Gasteiger partial charge in [-0.05, 0) is 68.9 Å². The lowest BCUT2D eigenvalue weighted by atomic mass is 9.99. The smallest absolute Gasteiger partial charge is 0.224 e. The van der Waals surface area contributed by atoms with E-state index in [2.05, 4.69) is 32.8 Å². The van der Waals surface area contributed by atoms with E-state index >= 15 is 0 Å². The molecule has 1 fully saturated rings. The van der Waals surface area contributed by atoms with E-state index in [1.165, 1.54) is 25.9 Å². The summed E-state index contributed by atoms with van der Waals surface area (Å²) in [7, 11) is 1.79. The highest BCUT2D eigenvalue weighted by Gasteiger charge is 2.14. The number of nitrogens with zero attached hydrogens (tertiary/aromatic N) is 2. The molecule has 1 heterocycles. The Bertz CT molecular complexity index is 623. The van der Waals surface area contributed by atoms with Crippen LogP contribution in [-0.2, 0) is 11.3 Å². The fraction of sp³-hybridized carbons (Fsp3) is 0.636. The third-order valence-corrected chi connectivity index (χ3v) is 5.19. The number of likely N-dealkylation sites (tertiary alicyclic amines) is 1. The molecule has 0 bridgehead atoms. The van der Waals surface area contributed by atoms with Gasteiger partial charge >= 0.3 is 0 Å². The first kappa shape index (κ1) is 22.2. The van der Waals surface area contributed by atoms with Gasteiger partial charge in [0.15, 0.2) is 5.96 Å². The minimum atomic E-state index is 0.0632. The molecule has 0 saturated carbocycles. The first-order valence-electron chi connectivity index (χ1n) is 10.7. The molecule has 2 rings (SSSR count). The van der Waals surface area contributed by atoms with Crippen molar-refractivity contribution < 1.29 is 4.79 Å². The van der Waals surface area contributed by atoms with Gasteiger partial charge in [0.2, 0.25) is 5.91 Å². The zero-order chi connectivity index (χ0) is 20.2. The van der Waals surface area contributed by atoms with E-state index in [4.69, 9.17) is 0 Å².